The van der Waals surface area contributed by atoms with Crippen LogP contribution in [0.5, 0.6) is 11.5 Å². The maximum atomic E-state index is 9.06. The molecule has 5 rings (SSSR count). The molecule has 1 N–H and O–H groups in total. The van der Waals surface area contributed by atoms with Crippen LogP contribution in [0, 0.1) is 6.92 Å². The first-order chi connectivity index (χ1) is 17.5. The van der Waals surface area contributed by atoms with Crippen LogP contribution in [0.25, 0.3) is 21.7 Å². The number of ether oxygens (including phenoxy) is 2. The second-order valence-corrected chi connectivity index (χ2v) is 8.84. The van der Waals surface area contributed by atoms with Crippen molar-refractivity contribution in [3.63, 3.8) is 0 Å². The van der Waals surface area contributed by atoms with Crippen LogP contribution in [-0.4, -0.2) is 54.5 Å². The fourth-order valence-corrected chi connectivity index (χ4v) is 4.38. The van der Waals surface area contributed by atoms with Gasteiger partial charge in [-0.3, -0.25) is 4.79 Å². The number of hydrogen-bond donors (Lipinski definition) is 1. The number of nitrogens with one attached hydrogen (secondary N) is 1. The fraction of sp³-hybridized carbons (Fsp3) is 0.276. The Labute approximate surface area is 211 Å². The summed E-state index contributed by atoms with van der Waals surface area (Å²) in [5.74, 6) is 2.18. The van der Waals surface area contributed by atoms with Crippen LogP contribution in [0.4, 0.5) is 11.5 Å². The number of nitrogens with zero attached hydrogens (tertiary/aromatic N) is 3. The summed E-state index contributed by atoms with van der Waals surface area (Å²) < 4.78 is 12.0. The number of likely N-dealkylation sites (tertiary alicyclic amines) is 1. The predicted molar refractivity (Wildman–Crippen MR) is 145 cm³/mol. The van der Waals surface area contributed by atoms with E-state index in [2.05, 4.69) is 77.1 Å². The zero-order chi connectivity index (χ0) is 25.5. The number of fused-ring (bicyclic) bond motifs is 2. The Bertz CT molecular complexity index is 1360. The predicted octanol–water partition coefficient (Wildman–Crippen LogP) is 5.69. The molecular formula is C29H32N4O3. The van der Waals surface area contributed by atoms with Gasteiger partial charge in [0.1, 0.15) is 24.5 Å². The maximum absolute atomic E-state index is 9.06. The second-order valence-electron chi connectivity index (χ2n) is 8.84. The van der Waals surface area contributed by atoms with Gasteiger partial charge in [-0.15, -0.1) is 0 Å². The molecule has 1 saturated heterocycles. The SMILES string of the molecule is C=CC=O.COc1cc2ncnc(Nc3ccc(C)c4ccccc34)c2cc1OC1CCN(C)CC1. The number of anilines is 2. The molecule has 1 aliphatic rings. The van der Waals surface area contributed by atoms with Crippen molar-refractivity contribution in [1.29, 1.82) is 0 Å². The number of allylic oxidation sites excluding steroid dienone is 1. The molecule has 7 nitrogen and oxygen atoms in total. The van der Waals surface area contributed by atoms with Gasteiger partial charge in [0.2, 0.25) is 0 Å². The summed E-state index contributed by atoms with van der Waals surface area (Å²) in [4.78, 5) is 20.4. The monoisotopic (exact) mass is 484 g/mol. The molecule has 0 radical (unpaired) electrons. The van der Waals surface area contributed by atoms with Crippen molar-refractivity contribution in [2.24, 2.45) is 0 Å². The van der Waals surface area contributed by atoms with Crippen LogP contribution in [0.2, 0.25) is 0 Å². The molecule has 0 unspecified atom stereocenters. The molecule has 0 atom stereocenters. The summed E-state index contributed by atoms with van der Waals surface area (Å²) in [5, 5.41) is 6.83. The quantitative estimate of drug-likeness (QED) is 0.278. The average Bonchev–Trinajstić information content (AvgIpc) is 2.91. The third kappa shape index (κ3) is 5.63. The number of aromatic nitrogens is 2. The molecule has 0 spiro atoms. The van der Waals surface area contributed by atoms with Crippen LogP contribution >= 0.6 is 0 Å². The first kappa shape index (κ1) is 25.1. The van der Waals surface area contributed by atoms with Gasteiger partial charge in [0.15, 0.2) is 11.5 Å². The van der Waals surface area contributed by atoms with E-state index in [9.17, 15) is 0 Å². The van der Waals surface area contributed by atoms with Gasteiger partial charge in [0, 0.05) is 35.6 Å². The van der Waals surface area contributed by atoms with Gasteiger partial charge in [-0.1, -0.05) is 36.9 Å². The number of rotatable bonds is 6. The molecule has 1 aromatic heterocycles. The van der Waals surface area contributed by atoms with E-state index in [1.165, 1.54) is 17.0 Å². The van der Waals surface area contributed by atoms with Crippen molar-refractivity contribution in [2.45, 2.75) is 25.9 Å². The Morgan fingerprint density at radius 1 is 1.03 bits per heavy atom. The Morgan fingerprint density at radius 2 is 1.75 bits per heavy atom. The van der Waals surface area contributed by atoms with Crippen LogP contribution < -0.4 is 14.8 Å². The van der Waals surface area contributed by atoms with Crippen molar-refractivity contribution in [3.8, 4) is 11.5 Å². The topological polar surface area (TPSA) is 76.6 Å². The van der Waals surface area contributed by atoms with Gasteiger partial charge in [0.25, 0.3) is 0 Å². The molecule has 1 aliphatic heterocycles. The lowest BCUT2D eigenvalue weighted by atomic mass is 10.0. The molecule has 0 aliphatic carbocycles. The van der Waals surface area contributed by atoms with E-state index in [1.807, 2.05) is 12.1 Å². The van der Waals surface area contributed by atoms with Gasteiger partial charge < -0.3 is 19.7 Å². The Balaban J connectivity index is 0.000000709. The van der Waals surface area contributed by atoms with Crippen LogP contribution in [0.1, 0.15) is 18.4 Å². The third-order valence-corrected chi connectivity index (χ3v) is 6.37. The summed E-state index contributed by atoms with van der Waals surface area (Å²) in [7, 11) is 3.82. The third-order valence-electron chi connectivity index (χ3n) is 6.37. The number of methoxy groups -OCH3 is 1. The van der Waals surface area contributed by atoms with E-state index in [1.54, 1.807) is 13.4 Å². The zero-order valence-electron chi connectivity index (χ0n) is 21.0. The van der Waals surface area contributed by atoms with E-state index < -0.39 is 0 Å². The first-order valence-electron chi connectivity index (χ1n) is 12.0. The number of aryl methyl sites for hydroxylation is 1. The number of carbonyl (C=O) groups is 1. The molecule has 1 fully saturated rings. The molecule has 0 amide bonds. The molecule has 0 saturated carbocycles. The molecule has 4 aromatic rings. The molecule has 7 heteroatoms. The van der Waals surface area contributed by atoms with E-state index in [4.69, 9.17) is 14.3 Å². The number of benzene rings is 3. The van der Waals surface area contributed by atoms with Crippen LogP contribution in [0.15, 0.2) is 67.5 Å². The van der Waals surface area contributed by atoms with E-state index in [0.717, 1.165) is 59.5 Å². The highest BCUT2D eigenvalue weighted by Gasteiger charge is 2.21. The molecule has 36 heavy (non-hydrogen) atoms. The van der Waals surface area contributed by atoms with Crippen LogP contribution in [-0.2, 0) is 4.79 Å². The van der Waals surface area contributed by atoms with Gasteiger partial charge in [-0.25, -0.2) is 9.97 Å². The lowest BCUT2D eigenvalue weighted by molar-refractivity contribution is -0.104. The molecule has 2 heterocycles. The largest absolute Gasteiger partial charge is 0.493 e. The molecular weight excluding hydrogens is 452 g/mol. The summed E-state index contributed by atoms with van der Waals surface area (Å²) in [6, 6.07) is 16.6. The number of carbonyl (C=O) groups excluding carboxylic acids is 1. The first-order valence-corrected chi connectivity index (χ1v) is 12.0. The Kier molecular flexibility index (Phi) is 8.13. The zero-order valence-corrected chi connectivity index (χ0v) is 21.0. The summed E-state index contributed by atoms with van der Waals surface area (Å²) in [5.41, 5.74) is 3.07. The summed E-state index contributed by atoms with van der Waals surface area (Å²) >= 11 is 0. The van der Waals surface area contributed by atoms with Crippen molar-refractivity contribution in [2.75, 3.05) is 32.6 Å². The summed E-state index contributed by atoms with van der Waals surface area (Å²) in [6.45, 7) is 7.32. The van der Waals surface area contributed by atoms with Crippen molar-refractivity contribution in [1.82, 2.24) is 14.9 Å². The van der Waals surface area contributed by atoms with Gasteiger partial charge in [-0.2, -0.15) is 0 Å². The number of hydrogen-bond acceptors (Lipinski definition) is 7. The van der Waals surface area contributed by atoms with E-state index in [0.29, 0.717) is 12.0 Å². The highest BCUT2D eigenvalue weighted by Crippen LogP contribution is 2.37. The van der Waals surface area contributed by atoms with Gasteiger partial charge in [0.05, 0.1) is 12.6 Å². The molecule has 186 valence electrons. The number of piperidine rings is 1. The standard InChI is InChI=1S/C26H28N4O2.C3H4O/c1-17-8-9-22(20-7-5-4-6-19(17)20)29-26-21-14-25(32-18-10-12-30(2)13-11-18)24(31-3)15-23(21)27-16-28-26;1-2-3-4/h4-9,14-16,18H,10-13H2,1-3H3,(H,27,28,29);2-3H,1H2. The highest BCUT2D eigenvalue weighted by molar-refractivity contribution is 6.00. The Hall–Kier alpha value is -3.97. The fourth-order valence-electron chi connectivity index (χ4n) is 4.38. The lowest BCUT2D eigenvalue weighted by Gasteiger charge is -2.29. The Morgan fingerprint density at radius 3 is 2.44 bits per heavy atom. The van der Waals surface area contributed by atoms with Crippen molar-refractivity contribution < 1.29 is 14.3 Å². The van der Waals surface area contributed by atoms with E-state index >= 15 is 0 Å². The smallest absolute Gasteiger partial charge is 0.162 e. The lowest BCUT2D eigenvalue weighted by Crippen LogP contribution is -2.35. The summed E-state index contributed by atoms with van der Waals surface area (Å²) in [6.07, 6.45) is 5.60. The van der Waals surface area contributed by atoms with Gasteiger partial charge >= 0.3 is 0 Å². The average molecular weight is 485 g/mol. The normalized spacial score (nSPS) is 14.1. The van der Waals surface area contributed by atoms with Crippen LogP contribution in [0.3, 0.4) is 0 Å². The highest BCUT2D eigenvalue weighted by atomic mass is 16.5. The van der Waals surface area contributed by atoms with Crippen molar-refractivity contribution >= 4 is 39.5 Å². The molecule has 0 bridgehead atoms. The van der Waals surface area contributed by atoms with Crippen molar-refractivity contribution in [3.05, 3.63) is 73.1 Å². The minimum Gasteiger partial charge on any atom is -0.493 e. The second kappa shape index (κ2) is 11.6. The minimum absolute atomic E-state index is 0.180. The maximum Gasteiger partial charge on any atom is 0.162 e. The van der Waals surface area contributed by atoms with E-state index in [-0.39, 0.29) is 6.10 Å². The minimum atomic E-state index is 0.180. The molecule has 3 aromatic carbocycles. The number of aldehydes is 1. The van der Waals surface area contributed by atoms with Gasteiger partial charge in [-0.05, 0) is 56.0 Å².